The molecule has 2 aliphatic rings. The summed E-state index contributed by atoms with van der Waals surface area (Å²) in [6, 6.07) is 14.3. The number of hydrogen-bond acceptors (Lipinski definition) is 4. The van der Waals surface area contributed by atoms with E-state index in [2.05, 4.69) is 17.3 Å². The van der Waals surface area contributed by atoms with Crippen LogP contribution in [0, 0.1) is 0 Å². The quantitative estimate of drug-likeness (QED) is 0.830. The third-order valence-corrected chi connectivity index (χ3v) is 5.47. The molecular weight excluding hydrogens is 354 g/mol. The minimum absolute atomic E-state index is 0.142. The summed E-state index contributed by atoms with van der Waals surface area (Å²) < 4.78 is 0. The zero-order valence-corrected chi connectivity index (χ0v) is 15.9. The highest BCUT2D eigenvalue weighted by atomic mass is 16.2. The van der Waals surface area contributed by atoms with Gasteiger partial charge in [-0.2, -0.15) is 0 Å². The molecule has 0 atom stereocenters. The van der Waals surface area contributed by atoms with E-state index >= 15 is 0 Å². The molecule has 0 aromatic heterocycles. The van der Waals surface area contributed by atoms with Crippen molar-refractivity contribution in [3.63, 3.8) is 0 Å². The van der Waals surface area contributed by atoms with Gasteiger partial charge >= 0.3 is 0 Å². The van der Waals surface area contributed by atoms with Gasteiger partial charge in [0.2, 0.25) is 0 Å². The lowest BCUT2D eigenvalue weighted by molar-refractivity contribution is 0.0642. The SMILES string of the molecule is CN1CCC(NC(=O)c2ccc3c(c2)C(=O)N(Cc2ccccc2)C3=O)CC1. The van der Waals surface area contributed by atoms with Crippen molar-refractivity contribution in [3.8, 4) is 0 Å². The number of piperidine rings is 1. The fourth-order valence-electron chi connectivity index (χ4n) is 3.76. The van der Waals surface area contributed by atoms with Crippen molar-refractivity contribution in [3.05, 3.63) is 70.8 Å². The molecule has 1 fully saturated rings. The van der Waals surface area contributed by atoms with Gasteiger partial charge in [0.05, 0.1) is 17.7 Å². The smallest absolute Gasteiger partial charge is 0.261 e. The van der Waals surface area contributed by atoms with Gasteiger partial charge in [-0.15, -0.1) is 0 Å². The lowest BCUT2D eigenvalue weighted by atomic mass is 10.0. The number of imide groups is 1. The molecule has 1 saturated heterocycles. The van der Waals surface area contributed by atoms with Crippen LogP contribution in [0.4, 0.5) is 0 Å². The fraction of sp³-hybridized carbons (Fsp3) is 0.318. The Kier molecular flexibility index (Phi) is 4.96. The first-order valence-electron chi connectivity index (χ1n) is 9.56. The van der Waals surface area contributed by atoms with Crippen LogP contribution in [0.25, 0.3) is 0 Å². The summed E-state index contributed by atoms with van der Waals surface area (Å²) in [6.45, 7) is 2.14. The summed E-state index contributed by atoms with van der Waals surface area (Å²) in [7, 11) is 2.07. The molecule has 3 amide bonds. The Bertz CT molecular complexity index is 918. The molecule has 2 heterocycles. The topological polar surface area (TPSA) is 69.7 Å². The van der Waals surface area contributed by atoms with E-state index in [1.54, 1.807) is 18.2 Å². The molecule has 6 heteroatoms. The van der Waals surface area contributed by atoms with Gasteiger partial charge in [0.15, 0.2) is 0 Å². The van der Waals surface area contributed by atoms with Crippen LogP contribution in [0.2, 0.25) is 0 Å². The summed E-state index contributed by atoms with van der Waals surface area (Å²) in [6.07, 6.45) is 1.82. The Hall–Kier alpha value is -2.99. The Balaban J connectivity index is 1.49. The van der Waals surface area contributed by atoms with E-state index in [1.807, 2.05) is 30.3 Å². The molecule has 144 valence electrons. The molecule has 2 aliphatic heterocycles. The van der Waals surface area contributed by atoms with Gasteiger partial charge in [0.25, 0.3) is 17.7 Å². The molecule has 1 N–H and O–H groups in total. The summed E-state index contributed by atoms with van der Waals surface area (Å²) in [5, 5.41) is 3.05. The van der Waals surface area contributed by atoms with Crippen LogP contribution in [-0.2, 0) is 6.54 Å². The van der Waals surface area contributed by atoms with Crippen molar-refractivity contribution in [2.75, 3.05) is 20.1 Å². The Labute approximate surface area is 164 Å². The molecule has 0 aliphatic carbocycles. The largest absolute Gasteiger partial charge is 0.349 e. The lowest BCUT2D eigenvalue weighted by Crippen LogP contribution is -2.43. The average molecular weight is 377 g/mol. The minimum Gasteiger partial charge on any atom is -0.349 e. The predicted molar refractivity (Wildman–Crippen MR) is 105 cm³/mol. The van der Waals surface area contributed by atoms with Crippen molar-refractivity contribution < 1.29 is 14.4 Å². The molecule has 0 saturated carbocycles. The Morgan fingerprint density at radius 3 is 2.39 bits per heavy atom. The molecule has 2 aromatic rings. The monoisotopic (exact) mass is 377 g/mol. The second-order valence-corrected chi connectivity index (χ2v) is 7.49. The number of rotatable bonds is 4. The Morgan fingerprint density at radius 1 is 1.00 bits per heavy atom. The zero-order chi connectivity index (χ0) is 19.7. The summed E-state index contributed by atoms with van der Waals surface area (Å²) >= 11 is 0. The number of nitrogens with one attached hydrogen (secondary N) is 1. The fourth-order valence-corrected chi connectivity index (χ4v) is 3.76. The van der Waals surface area contributed by atoms with Crippen LogP contribution in [0.15, 0.2) is 48.5 Å². The number of carbonyl (C=O) groups is 3. The van der Waals surface area contributed by atoms with Crippen LogP contribution >= 0.6 is 0 Å². The maximum atomic E-state index is 12.8. The molecule has 6 nitrogen and oxygen atoms in total. The van der Waals surface area contributed by atoms with Crippen LogP contribution in [0.5, 0.6) is 0 Å². The van der Waals surface area contributed by atoms with Crippen molar-refractivity contribution in [2.45, 2.75) is 25.4 Å². The van der Waals surface area contributed by atoms with Crippen molar-refractivity contribution in [2.24, 2.45) is 0 Å². The summed E-state index contributed by atoms with van der Waals surface area (Å²) in [5.74, 6) is -0.858. The number of likely N-dealkylation sites (tertiary alicyclic amines) is 1. The molecule has 0 radical (unpaired) electrons. The van der Waals surface area contributed by atoms with Gasteiger partial charge in [-0.1, -0.05) is 30.3 Å². The second kappa shape index (κ2) is 7.56. The van der Waals surface area contributed by atoms with Gasteiger partial charge in [-0.3, -0.25) is 19.3 Å². The second-order valence-electron chi connectivity index (χ2n) is 7.49. The Morgan fingerprint density at radius 2 is 1.68 bits per heavy atom. The van der Waals surface area contributed by atoms with E-state index in [1.165, 1.54) is 4.90 Å². The van der Waals surface area contributed by atoms with E-state index < -0.39 is 0 Å². The number of benzene rings is 2. The molecular formula is C22H23N3O3. The standard InChI is InChI=1S/C22H23N3O3/c1-24-11-9-17(10-12-24)23-20(26)16-7-8-18-19(13-16)22(28)25(21(18)27)14-15-5-3-2-4-6-15/h2-8,13,17H,9-12,14H2,1H3,(H,23,26). The third kappa shape index (κ3) is 3.55. The number of fused-ring (bicyclic) bond motifs is 1. The third-order valence-electron chi connectivity index (χ3n) is 5.47. The van der Waals surface area contributed by atoms with Crippen molar-refractivity contribution in [1.82, 2.24) is 15.1 Å². The van der Waals surface area contributed by atoms with Gasteiger partial charge in [-0.05, 0) is 56.7 Å². The van der Waals surface area contributed by atoms with E-state index in [0.29, 0.717) is 16.7 Å². The molecule has 0 bridgehead atoms. The first-order valence-corrected chi connectivity index (χ1v) is 9.56. The maximum Gasteiger partial charge on any atom is 0.261 e. The highest BCUT2D eigenvalue weighted by Gasteiger charge is 2.36. The maximum absolute atomic E-state index is 12.8. The highest BCUT2D eigenvalue weighted by Crippen LogP contribution is 2.26. The first kappa shape index (κ1) is 18.4. The molecule has 0 unspecified atom stereocenters. The van der Waals surface area contributed by atoms with Crippen LogP contribution in [-0.4, -0.2) is 53.7 Å². The van der Waals surface area contributed by atoms with Crippen LogP contribution in [0.1, 0.15) is 49.5 Å². The highest BCUT2D eigenvalue weighted by molar-refractivity contribution is 6.22. The van der Waals surface area contributed by atoms with E-state index in [4.69, 9.17) is 0 Å². The van der Waals surface area contributed by atoms with Gasteiger partial charge in [0.1, 0.15) is 0 Å². The lowest BCUT2D eigenvalue weighted by Gasteiger charge is -2.29. The van der Waals surface area contributed by atoms with Gasteiger partial charge in [0, 0.05) is 11.6 Å². The van der Waals surface area contributed by atoms with E-state index in [9.17, 15) is 14.4 Å². The predicted octanol–water partition coefficient (Wildman–Crippen LogP) is 2.31. The van der Waals surface area contributed by atoms with Crippen LogP contribution in [0.3, 0.4) is 0 Å². The number of amides is 3. The molecule has 2 aromatic carbocycles. The van der Waals surface area contributed by atoms with Gasteiger partial charge in [-0.25, -0.2) is 0 Å². The van der Waals surface area contributed by atoms with E-state index in [0.717, 1.165) is 31.5 Å². The van der Waals surface area contributed by atoms with E-state index in [-0.39, 0.29) is 30.3 Å². The number of nitrogens with zero attached hydrogens (tertiary/aromatic N) is 2. The first-order chi connectivity index (χ1) is 13.5. The molecule has 4 rings (SSSR count). The normalized spacial score (nSPS) is 17.7. The van der Waals surface area contributed by atoms with Gasteiger partial charge < -0.3 is 10.2 Å². The zero-order valence-electron chi connectivity index (χ0n) is 15.9. The van der Waals surface area contributed by atoms with Crippen molar-refractivity contribution >= 4 is 17.7 Å². The minimum atomic E-state index is -0.349. The van der Waals surface area contributed by atoms with Crippen molar-refractivity contribution in [1.29, 1.82) is 0 Å². The van der Waals surface area contributed by atoms with Crippen LogP contribution < -0.4 is 5.32 Å². The summed E-state index contributed by atoms with van der Waals surface area (Å²) in [5.41, 5.74) is 1.96. The molecule has 28 heavy (non-hydrogen) atoms. The molecule has 0 spiro atoms. The number of hydrogen-bond donors (Lipinski definition) is 1. The summed E-state index contributed by atoms with van der Waals surface area (Å²) in [4.78, 5) is 41.5. The number of carbonyl (C=O) groups excluding carboxylic acids is 3. The average Bonchev–Trinajstić information content (AvgIpc) is 2.95.